The molecule has 9 heteroatoms. The van der Waals surface area contributed by atoms with E-state index in [0.717, 1.165) is 68.4 Å². The van der Waals surface area contributed by atoms with Crippen LogP contribution in [0.15, 0.2) is 60.8 Å². The van der Waals surface area contributed by atoms with Gasteiger partial charge < -0.3 is 19.1 Å². The fourth-order valence-electron chi connectivity index (χ4n) is 6.48. The Morgan fingerprint density at radius 3 is 2.69 bits per heavy atom. The maximum Gasteiger partial charge on any atom is 0.258 e. The van der Waals surface area contributed by atoms with Gasteiger partial charge in [0, 0.05) is 43.1 Å². The van der Waals surface area contributed by atoms with Crippen molar-refractivity contribution in [2.45, 2.75) is 63.3 Å². The molecule has 6 rings (SSSR count). The van der Waals surface area contributed by atoms with Crippen LogP contribution in [-0.2, 0) is 11.3 Å². The SMILES string of the molecule is COC[C@H]1CCCN1Cc1ccc2c(c1)nc(NC(=O)c1ccnc(-c3ccccc3OC)c1)n2C1CCC(O)CC1. The molecule has 2 fully saturated rings. The summed E-state index contributed by atoms with van der Waals surface area (Å²) in [6, 6.07) is 18.2. The summed E-state index contributed by atoms with van der Waals surface area (Å²) in [7, 11) is 3.39. The monoisotopic (exact) mass is 569 g/mol. The fourth-order valence-corrected chi connectivity index (χ4v) is 6.48. The van der Waals surface area contributed by atoms with Crippen molar-refractivity contribution < 1.29 is 19.4 Å². The predicted octanol–water partition coefficient (Wildman–Crippen LogP) is 5.45. The Labute approximate surface area is 246 Å². The third kappa shape index (κ3) is 5.90. The number of methoxy groups -OCH3 is 2. The third-order valence-electron chi connectivity index (χ3n) is 8.66. The molecular formula is C33H39N5O4. The number of fused-ring (bicyclic) bond motifs is 1. The average molecular weight is 570 g/mol. The first kappa shape index (κ1) is 28.3. The molecule has 2 aliphatic rings. The molecule has 2 aromatic carbocycles. The van der Waals surface area contributed by atoms with Crippen LogP contribution in [0.2, 0.25) is 0 Å². The number of aliphatic hydroxyl groups excluding tert-OH is 1. The van der Waals surface area contributed by atoms with Gasteiger partial charge in [0.1, 0.15) is 5.75 Å². The number of nitrogens with zero attached hydrogens (tertiary/aromatic N) is 4. The molecule has 42 heavy (non-hydrogen) atoms. The number of pyridine rings is 1. The number of amides is 1. The van der Waals surface area contributed by atoms with Gasteiger partial charge in [-0.2, -0.15) is 0 Å². The number of imidazole rings is 1. The van der Waals surface area contributed by atoms with Gasteiger partial charge >= 0.3 is 0 Å². The second-order valence-electron chi connectivity index (χ2n) is 11.4. The molecule has 0 unspecified atom stereocenters. The van der Waals surface area contributed by atoms with Gasteiger partial charge in [-0.1, -0.05) is 18.2 Å². The lowest BCUT2D eigenvalue weighted by Crippen LogP contribution is -2.32. The number of hydrogen-bond donors (Lipinski definition) is 2. The van der Waals surface area contributed by atoms with Gasteiger partial charge in [0.05, 0.1) is 36.5 Å². The lowest BCUT2D eigenvalue weighted by atomic mass is 9.93. The highest BCUT2D eigenvalue weighted by molar-refractivity contribution is 6.04. The standard InChI is InChI=1S/C33H39N5O4/c1-41-21-25-6-5-17-37(25)20-22-9-14-30-29(18-22)35-33(38(30)24-10-12-26(39)13-11-24)36-32(40)23-15-16-34-28(19-23)27-7-3-4-8-31(27)42-2/h3-4,7-9,14-16,18-19,24-26,39H,5-6,10-13,17,20-21H2,1-2H3,(H,35,36,40)/t24?,25-,26?/m1/s1. The summed E-state index contributed by atoms with van der Waals surface area (Å²) in [5, 5.41) is 13.3. The number of aromatic nitrogens is 3. The van der Waals surface area contributed by atoms with E-state index in [2.05, 4.69) is 38.0 Å². The molecule has 1 saturated heterocycles. The zero-order chi connectivity index (χ0) is 29.1. The van der Waals surface area contributed by atoms with Crippen LogP contribution in [0.25, 0.3) is 22.3 Å². The number of para-hydroxylation sites is 1. The van der Waals surface area contributed by atoms with Crippen LogP contribution in [0.4, 0.5) is 5.95 Å². The highest BCUT2D eigenvalue weighted by atomic mass is 16.5. The van der Waals surface area contributed by atoms with Gasteiger partial charge in [-0.3, -0.25) is 20.0 Å². The van der Waals surface area contributed by atoms with E-state index < -0.39 is 0 Å². The van der Waals surface area contributed by atoms with Crippen molar-refractivity contribution in [1.82, 2.24) is 19.4 Å². The minimum absolute atomic E-state index is 0.144. The van der Waals surface area contributed by atoms with E-state index in [1.54, 1.807) is 32.5 Å². The van der Waals surface area contributed by atoms with E-state index in [9.17, 15) is 9.90 Å². The Kier molecular flexibility index (Phi) is 8.51. The summed E-state index contributed by atoms with van der Waals surface area (Å²) in [4.78, 5) is 25.6. The van der Waals surface area contributed by atoms with Gasteiger partial charge in [-0.15, -0.1) is 0 Å². The lowest BCUT2D eigenvalue weighted by molar-refractivity contribution is 0.102. The van der Waals surface area contributed by atoms with Crippen LogP contribution < -0.4 is 10.1 Å². The molecule has 1 aliphatic heterocycles. The molecule has 2 aromatic heterocycles. The van der Waals surface area contributed by atoms with Crippen molar-refractivity contribution in [1.29, 1.82) is 0 Å². The first-order valence-corrected chi connectivity index (χ1v) is 14.9. The highest BCUT2D eigenvalue weighted by Crippen LogP contribution is 2.35. The van der Waals surface area contributed by atoms with Gasteiger partial charge in [-0.25, -0.2) is 4.98 Å². The minimum Gasteiger partial charge on any atom is -0.496 e. The molecule has 220 valence electrons. The van der Waals surface area contributed by atoms with E-state index in [-0.39, 0.29) is 18.1 Å². The summed E-state index contributed by atoms with van der Waals surface area (Å²) in [6.45, 7) is 2.65. The minimum atomic E-state index is -0.272. The number of anilines is 1. The maximum absolute atomic E-state index is 13.6. The van der Waals surface area contributed by atoms with Crippen molar-refractivity contribution in [2.75, 3.05) is 32.7 Å². The smallest absolute Gasteiger partial charge is 0.258 e. The zero-order valence-electron chi connectivity index (χ0n) is 24.3. The molecule has 1 atom stereocenters. The van der Waals surface area contributed by atoms with Crippen LogP contribution >= 0.6 is 0 Å². The van der Waals surface area contributed by atoms with Crippen molar-refractivity contribution in [3.05, 3.63) is 71.9 Å². The fraction of sp³-hybridized carbons (Fsp3) is 0.424. The van der Waals surface area contributed by atoms with Gasteiger partial charge in [0.25, 0.3) is 5.91 Å². The Hall–Kier alpha value is -3.79. The number of benzene rings is 2. The third-order valence-corrected chi connectivity index (χ3v) is 8.66. The Bertz CT molecular complexity index is 1540. The van der Waals surface area contributed by atoms with Crippen LogP contribution in [0, 0.1) is 0 Å². The van der Waals surface area contributed by atoms with Crippen molar-refractivity contribution >= 4 is 22.9 Å². The molecule has 2 N–H and O–H groups in total. The summed E-state index contributed by atoms with van der Waals surface area (Å²) in [5.74, 6) is 0.977. The molecule has 4 aromatic rings. The van der Waals surface area contributed by atoms with Crippen molar-refractivity contribution in [3.63, 3.8) is 0 Å². The van der Waals surface area contributed by atoms with Crippen molar-refractivity contribution in [2.24, 2.45) is 0 Å². The quantitative estimate of drug-likeness (QED) is 0.277. The normalized spacial score (nSPS) is 21.1. The van der Waals surface area contributed by atoms with Crippen LogP contribution in [-0.4, -0.2) is 70.0 Å². The van der Waals surface area contributed by atoms with Gasteiger partial charge in [-0.05, 0) is 87.0 Å². The molecule has 1 saturated carbocycles. The number of rotatable bonds is 9. The molecule has 0 spiro atoms. The van der Waals surface area contributed by atoms with E-state index in [1.807, 2.05) is 24.3 Å². The molecular weight excluding hydrogens is 530 g/mol. The van der Waals surface area contributed by atoms with Gasteiger partial charge in [0.2, 0.25) is 5.95 Å². The number of carbonyl (C=O) groups is 1. The summed E-state index contributed by atoms with van der Waals surface area (Å²) >= 11 is 0. The molecule has 1 aliphatic carbocycles. The highest BCUT2D eigenvalue weighted by Gasteiger charge is 2.27. The van der Waals surface area contributed by atoms with Crippen LogP contribution in [0.3, 0.4) is 0 Å². The summed E-state index contributed by atoms with van der Waals surface area (Å²) in [5.41, 5.74) is 5.02. The average Bonchev–Trinajstić information content (AvgIpc) is 3.61. The largest absolute Gasteiger partial charge is 0.496 e. The number of ether oxygens (including phenoxy) is 2. The number of aliphatic hydroxyl groups is 1. The first-order valence-electron chi connectivity index (χ1n) is 14.9. The molecule has 0 bridgehead atoms. The number of nitrogens with one attached hydrogen (secondary N) is 1. The zero-order valence-corrected chi connectivity index (χ0v) is 24.3. The summed E-state index contributed by atoms with van der Waals surface area (Å²) < 4.78 is 13.1. The molecule has 9 nitrogen and oxygen atoms in total. The van der Waals surface area contributed by atoms with E-state index in [1.165, 1.54) is 12.0 Å². The van der Waals surface area contributed by atoms with Gasteiger partial charge in [0.15, 0.2) is 0 Å². The second-order valence-corrected chi connectivity index (χ2v) is 11.4. The number of likely N-dealkylation sites (tertiary alicyclic amines) is 1. The maximum atomic E-state index is 13.6. The van der Waals surface area contributed by atoms with E-state index >= 15 is 0 Å². The number of hydrogen-bond acceptors (Lipinski definition) is 7. The second kappa shape index (κ2) is 12.6. The lowest BCUT2D eigenvalue weighted by Gasteiger charge is -2.28. The number of carbonyl (C=O) groups excluding carboxylic acids is 1. The first-order chi connectivity index (χ1) is 20.5. The Morgan fingerprint density at radius 2 is 1.88 bits per heavy atom. The van der Waals surface area contributed by atoms with Crippen LogP contribution in [0.5, 0.6) is 5.75 Å². The van der Waals surface area contributed by atoms with Crippen molar-refractivity contribution in [3.8, 4) is 17.0 Å². The Balaban J connectivity index is 1.30. The van der Waals surface area contributed by atoms with Crippen LogP contribution in [0.1, 0.15) is 60.5 Å². The molecule has 1 amide bonds. The summed E-state index contributed by atoms with van der Waals surface area (Å²) in [6.07, 6.45) is 6.84. The topological polar surface area (TPSA) is 102 Å². The van der Waals surface area contributed by atoms with E-state index in [0.29, 0.717) is 29.0 Å². The van der Waals surface area contributed by atoms with E-state index in [4.69, 9.17) is 14.5 Å². The molecule has 3 heterocycles. The predicted molar refractivity (Wildman–Crippen MR) is 163 cm³/mol. The Morgan fingerprint density at radius 1 is 1.05 bits per heavy atom. The molecule has 0 radical (unpaired) electrons.